The quantitative estimate of drug-likeness (QED) is 0.580. The maximum atomic E-state index is 12.7. The molecule has 5 nitrogen and oxygen atoms in total. The van der Waals surface area contributed by atoms with Gasteiger partial charge in [0.2, 0.25) is 10.0 Å². The molecule has 126 valence electrons. The average Bonchev–Trinajstić information content (AvgIpc) is 3.03. The molecule has 0 unspecified atom stereocenters. The summed E-state index contributed by atoms with van der Waals surface area (Å²) in [5.74, 6) is 0.766. The van der Waals surface area contributed by atoms with Crippen LogP contribution in [0.4, 0.5) is 0 Å². The Hall–Kier alpha value is -2.70. The van der Waals surface area contributed by atoms with Crippen LogP contribution in [0.5, 0.6) is 0 Å². The summed E-state index contributed by atoms with van der Waals surface area (Å²) < 4.78 is 28.0. The van der Waals surface area contributed by atoms with Crippen LogP contribution < -0.4 is 4.72 Å². The average molecular weight is 351 g/mol. The van der Waals surface area contributed by atoms with Gasteiger partial charge in [-0.15, -0.1) is 0 Å². The SMILES string of the molecule is O=S(=O)(NCCc1nc2ccccc2[nH]1)c1cccc2ccccc12. The molecule has 0 atom stereocenters. The highest BCUT2D eigenvalue weighted by Crippen LogP contribution is 2.22. The predicted octanol–water partition coefficient (Wildman–Crippen LogP) is 3.24. The third kappa shape index (κ3) is 3.14. The zero-order valence-electron chi connectivity index (χ0n) is 13.4. The third-order valence-electron chi connectivity index (χ3n) is 4.13. The van der Waals surface area contributed by atoms with E-state index in [1.165, 1.54) is 0 Å². The molecular weight excluding hydrogens is 334 g/mol. The van der Waals surface area contributed by atoms with E-state index < -0.39 is 10.0 Å². The molecule has 3 aromatic carbocycles. The summed E-state index contributed by atoms with van der Waals surface area (Å²) in [5.41, 5.74) is 1.84. The number of imidazole rings is 1. The van der Waals surface area contributed by atoms with Crippen LogP contribution in [0, 0.1) is 0 Å². The van der Waals surface area contributed by atoms with Crippen LogP contribution in [0.3, 0.4) is 0 Å². The molecule has 4 aromatic rings. The van der Waals surface area contributed by atoms with Crippen molar-refractivity contribution < 1.29 is 8.42 Å². The van der Waals surface area contributed by atoms with E-state index in [9.17, 15) is 8.42 Å². The third-order valence-corrected chi connectivity index (χ3v) is 5.65. The number of sulfonamides is 1. The van der Waals surface area contributed by atoms with E-state index in [0.717, 1.165) is 27.6 Å². The van der Waals surface area contributed by atoms with Crippen molar-refractivity contribution in [2.45, 2.75) is 11.3 Å². The Balaban J connectivity index is 1.53. The van der Waals surface area contributed by atoms with Crippen molar-refractivity contribution >= 4 is 31.8 Å². The van der Waals surface area contributed by atoms with Gasteiger partial charge in [0.05, 0.1) is 15.9 Å². The van der Waals surface area contributed by atoms with Crippen molar-refractivity contribution in [2.24, 2.45) is 0 Å². The lowest BCUT2D eigenvalue weighted by atomic mass is 10.1. The van der Waals surface area contributed by atoms with Crippen LogP contribution >= 0.6 is 0 Å². The number of nitrogens with zero attached hydrogens (tertiary/aromatic N) is 1. The van der Waals surface area contributed by atoms with Crippen molar-refractivity contribution in [2.75, 3.05) is 6.54 Å². The topological polar surface area (TPSA) is 74.8 Å². The molecule has 0 spiro atoms. The normalized spacial score (nSPS) is 12.0. The first-order valence-corrected chi connectivity index (χ1v) is 9.53. The molecule has 0 saturated heterocycles. The van der Waals surface area contributed by atoms with Gasteiger partial charge in [0.25, 0.3) is 0 Å². The Labute approximate surface area is 145 Å². The zero-order valence-corrected chi connectivity index (χ0v) is 14.3. The number of aromatic nitrogens is 2. The highest BCUT2D eigenvalue weighted by Gasteiger charge is 2.16. The molecule has 0 aliphatic carbocycles. The van der Waals surface area contributed by atoms with E-state index >= 15 is 0 Å². The Morgan fingerprint density at radius 1 is 0.920 bits per heavy atom. The number of nitrogens with one attached hydrogen (secondary N) is 2. The van der Waals surface area contributed by atoms with Gasteiger partial charge in [-0.05, 0) is 23.6 Å². The highest BCUT2D eigenvalue weighted by molar-refractivity contribution is 7.89. The second kappa shape index (κ2) is 6.31. The molecule has 0 radical (unpaired) electrons. The van der Waals surface area contributed by atoms with Crippen LogP contribution in [0.25, 0.3) is 21.8 Å². The van der Waals surface area contributed by atoms with E-state index in [2.05, 4.69) is 14.7 Å². The molecule has 25 heavy (non-hydrogen) atoms. The molecule has 2 N–H and O–H groups in total. The number of para-hydroxylation sites is 2. The molecule has 0 saturated carbocycles. The summed E-state index contributed by atoms with van der Waals surface area (Å²) in [4.78, 5) is 7.97. The van der Waals surface area contributed by atoms with Gasteiger partial charge in [-0.1, -0.05) is 48.5 Å². The summed E-state index contributed by atoms with van der Waals surface area (Å²) >= 11 is 0. The van der Waals surface area contributed by atoms with Crippen molar-refractivity contribution in [1.29, 1.82) is 0 Å². The summed E-state index contributed by atoms with van der Waals surface area (Å²) in [6, 6.07) is 20.5. The van der Waals surface area contributed by atoms with Gasteiger partial charge in [0, 0.05) is 18.4 Å². The number of H-pyrrole nitrogens is 1. The maximum Gasteiger partial charge on any atom is 0.241 e. The van der Waals surface area contributed by atoms with Crippen molar-refractivity contribution in [1.82, 2.24) is 14.7 Å². The van der Waals surface area contributed by atoms with Crippen LogP contribution in [-0.2, 0) is 16.4 Å². The van der Waals surface area contributed by atoms with E-state index in [-0.39, 0.29) is 6.54 Å². The molecule has 0 bridgehead atoms. The summed E-state index contributed by atoms with van der Waals surface area (Å²) in [6.07, 6.45) is 0.499. The zero-order chi connectivity index (χ0) is 17.3. The van der Waals surface area contributed by atoms with Gasteiger partial charge < -0.3 is 4.98 Å². The van der Waals surface area contributed by atoms with Crippen molar-refractivity contribution in [3.63, 3.8) is 0 Å². The lowest BCUT2D eigenvalue weighted by Crippen LogP contribution is -2.26. The second-order valence-corrected chi connectivity index (χ2v) is 7.56. The van der Waals surface area contributed by atoms with Crippen molar-refractivity contribution in [3.8, 4) is 0 Å². The standard InChI is InChI=1S/C19H17N3O2S/c23-25(24,18-11-5-7-14-6-1-2-8-15(14)18)20-13-12-19-21-16-9-3-4-10-17(16)22-19/h1-11,20H,12-13H2,(H,21,22). The number of hydrogen-bond donors (Lipinski definition) is 2. The number of hydrogen-bond acceptors (Lipinski definition) is 3. The van der Waals surface area contributed by atoms with Gasteiger partial charge >= 0.3 is 0 Å². The molecule has 1 heterocycles. The Morgan fingerprint density at radius 2 is 1.68 bits per heavy atom. The van der Waals surface area contributed by atoms with Crippen LogP contribution in [0.15, 0.2) is 71.6 Å². The molecule has 0 aliphatic heterocycles. The van der Waals surface area contributed by atoms with Crippen molar-refractivity contribution in [3.05, 3.63) is 72.6 Å². The largest absolute Gasteiger partial charge is 0.342 e. The fourth-order valence-corrected chi connectivity index (χ4v) is 4.20. The molecule has 0 aliphatic rings. The van der Waals surface area contributed by atoms with E-state index in [0.29, 0.717) is 11.3 Å². The second-order valence-electron chi connectivity index (χ2n) is 5.83. The number of aromatic amines is 1. The predicted molar refractivity (Wildman–Crippen MR) is 98.9 cm³/mol. The lowest BCUT2D eigenvalue weighted by molar-refractivity contribution is 0.582. The first kappa shape index (κ1) is 15.8. The van der Waals surface area contributed by atoms with E-state index in [1.54, 1.807) is 12.1 Å². The molecule has 1 aromatic heterocycles. The van der Waals surface area contributed by atoms with E-state index in [1.807, 2.05) is 54.6 Å². The van der Waals surface area contributed by atoms with E-state index in [4.69, 9.17) is 0 Å². The van der Waals surface area contributed by atoms with Gasteiger partial charge in [-0.3, -0.25) is 0 Å². The van der Waals surface area contributed by atoms with Crippen LogP contribution in [0.1, 0.15) is 5.82 Å². The Morgan fingerprint density at radius 3 is 2.56 bits per heavy atom. The molecular formula is C19H17N3O2S. The number of benzene rings is 3. The fraction of sp³-hybridized carbons (Fsp3) is 0.105. The monoisotopic (exact) mass is 351 g/mol. The van der Waals surface area contributed by atoms with Gasteiger partial charge in [-0.2, -0.15) is 0 Å². The minimum atomic E-state index is -3.58. The highest BCUT2D eigenvalue weighted by atomic mass is 32.2. The number of rotatable bonds is 5. The molecule has 6 heteroatoms. The maximum absolute atomic E-state index is 12.7. The van der Waals surface area contributed by atoms with Crippen LogP contribution in [-0.4, -0.2) is 24.9 Å². The first-order chi connectivity index (χ1) is 12.1. The van der Waals surface area contributed by atoms with Gasteiger partial charge in [0.15, 0.2) is 0 Å². The Kier molecular flexibility index (Phi) is 3.99. The minimum Gasteiger partial charge on any atom is -0.342 e. The summed E-state index contributed by atoms with van der Waals surface area (Å²) in [7, 11) is -3.58. The van der Waals surface area contributed by atoms with Crippen LogP contribution in [0.2, 0.25) is 0 Å². The molecule has 4 rings (SSSR count). The lowest BCUT2D eigenvalue weighted by Gasteiger charge is -2.09. The summed E-state index contributed by atoms with van der Waals surface area (Å²) in [5, 5.41) is 1.63. The first-order valence-electron chi connectivity index (χ1n) is 8.04. The molecule has 0 amide bonds. The van der Waals surface area contributed by atoms with Gasteiger partial charge in [-0.25, -0.2) is 18.1 Å². The minimum absolute atomic E-state index is 0.283. The number of fused-ring (bicyclic) bond motifs is 2. The summed E-state index contributed by atoms with van der Waals surface area (Å²) in [6.45, 7) is 0.283. The molecule has 0 fully saturated rings. The Bertz CT molecular complexity index is 1110. The van der Waals surface area contributed by atoms with Gasteiger partial charge in [0.1, 0.15) is 5.82 Å². The smallest absolute Gasteiger partial charge is 0.241 e. The fourth-order valence-electron chi connectivity index (χ4n) is 2.94.